The Kier molecular flexibility index (Phi) is 7.87. The first-order chi connectivity index (χ1) is 17.2. The van der Waals surface area contributed by atoms with Crippen molar-refractivity contribution in [1.82, 2.24) is 19.4 Å². The average molecular weight is 475 g/mol. The van der Waals surface area contributed by atoms with Crippen molar-refractivity contribution >= 4 is 22.7 Å². The molecule has 1 unspecified atom stereocenters. The van der Waals surface area contributed by atoms with E-state index in [1.165, 1.54) is 87.7 Å². The smallest absolute Gasteiger partial charge is 0.224 e. The van der Waals surface area contributed by atoms with Crippen molar-refractivity contribution in [2.75, 3.05) is 37.3 Å². The SMILES string of the molecule is CCCCNc1ncc2c(-c3ccc(NC4CCCN(C)CC4)cc3)cn(C3CCCCC3)c2n1. The van der Waals surface area contributed by atoms with Crippen LogP contribution in [0.4, 0.5) is 11.6 Å². The molecule has 1 saturated carbocycles. The fourth-order valence-corrected chi connectivity index (χ4v) is 5.73. The Morgan fingerprint density at radius 1 is 0.971 bits per heavy atom. The van der Waals surface area contributed by atoms with Crippen LogP contribution in [0.2, 0.25) is 0 Å². The predicted octanol–water partition coefficient (Wildman–Crippen LogP) is 6.71. The number of nitrogens with zero attached hydrogens (tertiary/aromatic N) is 4. The van der Waals surface area contributed by atoms with Gasteiger partial charge in [-0.15, -0.1) is 0 Å². The highest BCUT2D eigenvalue weighted by molar-refractivity contribution is 5.94. The normalized spacial score (nSPS) is 20.1. The molecule has 2 aromatic heterocycles. The third-order valence-corrected chi connectivity index (χ3v) is 7.87. The van der Waals surface area contributed by atoms with E-state index in [4.69, 9.17) is 4.98 Å². The van der Waals surface area contributed by atoms with Gasteiger partial charge in [0.05, 0.1) is 0 Å². The molecule has 5 rings (SSSR count). The summed E-state index contributed by atoms with van der Waals surface area (Å²) in [5.41, 5.74) is 4.78. The molecular weight excluding hydrogens is 432 g/mol. The predicted molar refractivity (Wildman–Crippen MR) is 147 cm³/mol. The van der Waals surface area contributed by atoms with Crippen LogP contribution >= 0.6 is 0 Å². The standard InChI is InChI=1S/C29H42N6/c1-3-4-17-30-29-31-20-26-27(21-35(28(26)33-29)25-10-6-5-7-11-25)22-12-14-24(15-13-22)32-23-9-8-18-34(2)19-16-23/h12-15,20-21,23,25,32H,3-11,16-19H2,1-2H3,(H,30,31,33). The van der Waals surface area contributed by atoms with E-state index < -0.39 is 0 Å². The number of rotatable bonds is 8. The van der Waals surface area contributed by atoms with E-state index >= 15 is 0 Å². The maximum atomic E-state index is 5.00. The minimum Gasteiger partial charge on any atom is -0.382 e. The lowest BCUT2D eigenvalue weighted by Gasteiger charge is -2.23. The number of hydrogen-bond donors (Lipinski definition) is 2. The Morgan fingerprint density at radius 2 is 1.80 bits per heavy atom. The summed E-state index contributed by atoms with van der Waals surface area (Å²) in [4.78, 5) is 12.1. The summed E-state index contributed by atoms with van der Waals surface area (Å²) in [6.45, 7) is 5.51. The second kappa shape index (κ2) is 11.4. The molecule has 1 atom stereocenters. The Labute approximate surface area is 210 Å². The lowest BCUT2D eigenvalue weighted by atomic mass is 9.95. The highest BCUT2D eigenvalue weighted by Gasteiger charge is 2.21. The summed E-state index contributed by atoms with van der Waals surface area (Å²) < 4.78 is 2.45. The van der Waals surface area contributed by atoms with Crippen molar-refractivity contribution in [2.24, 2.45) is 0 Å². The molecule has 0 amide bonds. The second-order valence-corrected chi connectivity index (χ2v) is 10.6. The lowest BCUT2D eigenvalue weighted by Crippen LogP contribution is -2.22. The van der Waals surface area contributed by atoms with Gasteiger partial charge in [0.15, 0.2) is 0 Å². The molecule has 2 aliphatic rings. The maximum Gasteiger partial charge on any atom is 0.224 e. The van der Waals surface area contributed by atoms with Crippen LogP contribution < -0.4 is 10.6 Å². The van der Waals surface area contributed by atoms with Crippen LogP contribution in [-0.2, 0) is 0 Å². The van der Waals surface area contributed by atoms with Gasteiger partial charge in [-0.05, 0) is 76.4 Å². The van der Waals surface area contributed by atoms with E-state index in [1.807, 2.05) is 6.20 Å². The molecule has 6 nitrogen and oxygen atoms in total. The summed E-state index contributed by atoms with van der Waals surface area (Å²) in [5.74, 6) is 0.751. The zero-order valence-electron chi connectivity index (χ0n) is 21.6. The Balaban J connectivity index is 1.40. The van der Waals surface area contributed by atoms with Crippen LogP contribution in [0.25, 0.3) is 22.2 Å². The van der Waals surface area contributed by atoms with Crippen molar-refractivity contribution in [3.8, 4) is 11.1 Å². The molecule has 0 spiro atoms. The fraction of sp³-hybridized carbons (Fsp3) is 0.586. The van der Waals surface area contributed by atoms with Gasteiger partial charge < -0.3 is 20.1 Å². The minimum absolute atomic E-state index is 0.535. The Hall–Kier alpha value is -2.60. The van der Waals surface area contributed by atoms with Gasteiger partial charge in [0.1, 0.15) is 5.65 Å². The van der Waals surface area contributed by atoms with Gasteiger partial charge in [0, 0.05) is 47.7 Å². The van der Waals surface area contributed by atoms with E-state index in [0.29, 0.717) is 12.1 Å². The van der Waals surface area contributed by atoms with E-state index in [2.05, 4.69) is 69.5 Å². The van der Waals surface area contributed by atoms with Crippen LogP contribution in [0.5, 0.6) is 0 Å². The van der Waals surface area contributed by atoms with Crippen LogP contribution in [0.15, 0.2) is 36.7 Å². The topological polar surface area (TPSA) is 58.0 Å². The van der Waals surface area contributed by atoms with Crippen LogP contribution in [0.1, 0.15) is 77.2 Å². The quantitative estimate of drug-likeness (QED) is 0.355. The van der Waals surface area contributed by atoms with E-state index in [1.54, 1.807) is 0 Å². The van der Waals surface area contributed by atoms with Gasteiger partial charge >= 0.3 is 0 Å². The third kappa shape index (κ3) is 5.80. The van der Waals surface area contributed by atoms with Crippen LogP contribution in [0, 0.1) is 0 Å². The molecule has 0 radical (unpaired) electrons. The molecule has 35 heavy (non-hydrogen) atoms. The Morgan fingerprint density at radius 3 is 2.60 bits per heavy atom. The Bertz CT molecular complexity index is 1080. The summed E-state index contributed by atoms with van der Waals surface area (Å²) in [7, 11) is 2.23. The average Bonchev–Trinajstić information content (AvgIpc) is 3.15. The first-order valence-electron chi connectivity index (χ1n) is 13.9. The van der Waals surface area contributed by atoms with Crippen molar-refractivity contribution in [2.45, 2.75) is 83.2 Å². The highest BCUT2D eigenvalue weighted by atomic mass is 15.2. The van der Waals surface area contributed by atoms with E-state index in [0.717, 1.165) is 29.9 Å². The molecule has 2 N–H and O–H groups in total. The maximum absolute atomic E-state index is 5.00. The fourth-order valence-electron chi connectivity index (χ4n) is 5.73. The van der Waals surface area contributed by atoms with Crippen molar-refractivity contribution in [3.05, 3.63) is 36.7 Å². The number of hydrogen-bond acceptors (Lipinski definition) is 5. The molecule has 3 heterocycles. The van der Waals surface area contributed by atoms with Gasteiger partial charge in [0.25, 0.3) is 0 Å². The van der Waals surface area contributed by atoms with Gasteiger partial charge in [-0.25, -0.2) is 4.98 Å². The molecule has 1 aliphatic carbocycles. The first-order valence-corrected chi connectivity index (χ1v) is 13.9. The molecule has 3 aromatic rings. The van der Waals surface area contributed by atoms with Crippen molar-refractivity contribution in [3.63, 3.8) is 0 Å². The van der Waals surface area contributed by atoms with E-state index in [9.17, 15) is 0 Å². The molecule has 1 saturated heterocycles. The summed E-state index contributed by atoms with van der Waals surface area (Å²) in [6, 6.07) is 10.1. The third-order valence-electron chi connectivity index (χ3n) is 7.87. The zero-order chi connectivity index (χ0) is 24.0. The number of anilines is 2. The molecule has 1 aliphatic heterocycles. The first kappa shape index (κ1) is 24.1. The summed E-state index contributed by atoms with van der Waals surface area (Å²) in [6.07, 6.45) is 16.8. The number of likely N-dealkylation sites (tertiary alicyclic amines) is 1. The molecule has 0 bridgehead atoms. The lowest BCUT2D eigenvalue weighted by molar-refractivity contribution is 0.348. The number of benzene rings is 1. The zero-order valence-corrected chi connectivity index (χ0v) is 21.6. The van der Waals surface area contributed by atoms with Crippen molar-refractivity contribution in [1.29, 1.82) is 0 Å². The van der Waals surface area contributed by atoms with Gasteiger partial charge in [-0.3, -0.25) is 0 Å². The number of unbranched alkanes of at least 4 members (excludes halogenated alkanes) is 1. The molecule has 2 fully saturated rings. The largest absolute Gasteiger partial charge is 0.382 e. The number of aromatic nitrogens is 3. The van der Waals surface area contributed by atoms with Crippen LogP contribution in [-0.4, -0.2) is 52.2 Å². The van der Waals surface area contributed by atoms with Gasteiger partial charge in [0.2, 0.25) is 5.95 Å². The minimum atomic E-state index is 0.535. The molecular formula is C29H42N6. The van der Waals surface area contributed by atoms with E-state index in [-0.39, 0.29) is 0 Å². The highest BCUT2D eigenvalue weighted by Crippen LogP contribution is 2.37. The van der Waals surface area contributed by atoms with Gasteiger partial charge in [-0.2, -0.15) is 4.98 Å². The molecule has 1 aromatic carbocycles. The second-order valence-electron chi connectivity index (χ2n) is 10.6. The summed E-state index contributed by atoms with van der Waals surface area (Å²) in [5, 5.41) is 8.36. The number of fused-ring (bicyclic) bond motifs is 1. The van der Waals surface area contributed by atoms with Crippen molar-refractivity contribution < 1.29 is 0 Å². The monoisotopic (exact) mass is 474 g/mol. The van der Waals surface area contributed by atoms with Gasteiger partial charge in [-0.1, -0.05) is 44.7 Å². The molecule has 6 heteroatoms. The summed E-state index contributed by atoms with van der Waals surface area (Å²) >= 11 is 0. The van der Waals surface area contributed by atoms with Crippen LogP contribution in [0.3, 0.4) is 0 Å². The number of nitrogens with one attached hydrogen (secondary N) is 2. The molecule has 188 valence electrons.